The third-order valence-electron chi connectivity index (χ3n) is 21.6. The van der Waals surface area contributed by atoms with E-state index >= 15 is 0 Å². The lowest BCUT2D eigenvalue weighted by atomic mass is 9.95. The number of nitro benzene ring substituents is 1. The molecule has 0 saturated carbocycles. The minimum absolute atomic E-state index is 0.0638. The molecule has 4 aliphatic carbocycles. The van der Waals surface area contributed by atoms with Gasteiger partial charge in [-0.15, -0.1) is 0 Å². The summed E-state index contributed by atoms with van der Waals surface area (Å²) in [5.41, 5.74) is 7.16. The molecule has 0 bridgehead atoms. The molecule has 6 aromatic carbocycles. The number of carboxylic acids is 4. The smallest absolute Gasteiger partial charge is 0.353 e. The number of hydrogen-bond donors (Lipinski definition) is 4. The average Bonchev–Trinajstić information content (AvgIpc) is 0.747. The van der Waals surface area contributed by atoms with Gasteiger partial charge in [-0.2, -0.15) is 0 Å². The van der Waals surface area contributed by atoms with E-state index in [1.807, 2.05) is 66.9 Å². The van der Waals surface area contributed by atoms with Gasteiger partial charge in [0.25, 0.3) is 0 Å². The fourth-order valence-electron chi connectivity index (χ4n) is 15.0. The molecular formula is C94H97NO24S. The highest BCUT2D eigenvalue weighted by molar-refractivity contribution is 7.98. The van der Waals surface area contributed by atoms with E-state index in [9.17, 15) is 73.7 Å². The molecule has 4 aliphatic rings. The maximum atomic E-state index is 13.2. The van der Waals surface area contributed by atoms with Crippen LogP contribution in [0.3, 0.4) is 0 Å². The number of aliphatic carboxylic acids is 4. The first-order valence-corrected chi connectivity index (χ1v) is 41.6. The van der Waals surface area contributed by atoms with Gasteiger partial charge in [0.1, 0.15) is 28.4 Å². The second kappa shape index (κ2) is 42.7. The number of carboxylic acid groups (broad SMARTS) is 4. The van der Waals surface area contributed by atoms with Crippen molar-refractivity contribution in [3.05, 3.63) is 254 Å². The predicted molar refractivity (Wildman–Crippen MR) is 456 cm³/mol. The summed E-state index contributed by atoms with van der Waals surface area (Å²) in [5, 5.41) is 52.4. The lowest BCUT2D eigenvalue weighted by Gasteiger charge is -2.18. The SMILES string of the molecule is COC(=O)Cc1cc(=O)oc2cc(OC(CCC3=CCCCC3)C(=O)O)ccc12.CSc1oc2cc(OC(CCC3=CCCCC3)C(=O)O)ccc2c(=O)c1-c1ccccc1.Cc1c(C)c2ccc(OC(CCC3=CCCCC3)C(=O)O)c([N+](=O)[O-])c2oc1=O.O=C(O)C(CCC1=CCCCC1)Oc1cccc2c(=O)cc(-c3ccccc3)oc12. The Bertz CT molecular complexity index is 5770. The minimum Gasteiger partial charge on any atom is -0.479 e. The zero-order chi connectivity index (χ0) is 85.4. The summed E-state index contributed by atoms with van der Waals surface area (Å²) in [4.78, 5) is 119. The van der Waals surface area contributed by atoms with E-state index in [4.69, 9.17) is 36.6 Å². The third-order valence-corrected chi connectivity index (χ3v) is 22.3. The van der Waals surface area contributed by atoms with Gasteiger partial charge in [-0.1, -0.05) is 125 Å². The van der Waals surface area contributed by atoms with Crippen LogP contribution in [0.1, 0.15) is 171 Å². The maximum absolute atomic E-state index is 13.2. The summed E-state index contributed by atoms with van der Waals surface area (Å²) in [6, 6.07) is 39.0. The number of para-hydroxylation sites is 1. The molecule has 10 aromatic rings. The summed E-state index contributed by atoms with van der Waals surface area (Å²) in [6.07, 6.45) is 27.8. The van der Waals surface area contributed by atoms with E-state index in [0.717, 1.165) is 101 Å². The van der Waals surface area contributed by atoms with Crippen molar-refractivity contribution in [2.45, 2.75) is 204 Å². The Hall–Kier alpha value is -12.6. The highest BCUT2D eigenvalue weighted by Crippen LogP contribution is 2.40. The first kappa shape index (κ1) is 88.2. The zero-order valence-electron chi connectivity index (χ0n) is 67.4. The first-order chi connectivity index (χ1) is 57.9. The van der Waals surface area contributed by atoms with Crippen molar-refractivity contribution in [1.82, 2.24) is 0 Å². The zero-order valence-corrected chi connectivity index (χ0v) is 68.2. The number of thioether (sulfide) groups is 1. The van der Waals surface area contributed by atoms with Crippen LogP contribution < -0.4 is 41.1 Å². The fraction of sp³-hybridized carbons (Fsp3) is 0.351. The van der Waals surface area contributed by atoms with Gasteiger partial charge in [0.2, 0.25) is 16.8 Å². The topological polar surface area (TPSA) is 376 Å². The number of aryl methyl sites for hydroxylation is 1. The summed E-state index contributed by atoms with van der Waals surface area (Å²) in [7, 11) is 1.28. The van der Waals surface area contributed by atoms with Crippen LogP contribution >= 0.6 is 11.8 Å². The quantitative estimate of drug-likeness (QED) is 0.00811. The molecule has 120 heavy (non-hydrogen) atoms. The lowest BCUT2D eigenvalue weighted by molar-refractivity contribution is -0.384. The molecule has 4 atom stereocenters. The van der Waals surface area contributed by atoms with Gasteiger partial charge in [0.15, 0.2) is 46.3 Å². The molecular weight excluding hydrogens is 1560 g/mol. The molecule has 14 rings (SSSR count). The summed E-state index contributed by atoms with van der Waals surface area (Å²) in [5.74, 6) is -3.59. The average molecular weight is 1660 g/mol. The second-order valence-electron chi connectivity index (χ2n) is 29.8. The Labute approximate surface area is 695 Å². The number of benzene rings is 6. The Morgan fingerprint density at radius 2 is 0.942 bits per heavy atom. The highest BCUT2D eigenvalue weighted by Gasteiger charge is 2.31. The van der Waals surface area contributed by atoms with Crippen LogP contribution in [0.25, 0.3) is 66.3 Å². The van der Waals surface area contributed by atoms with Crippen LogP contribution in [0.4, 0.5) is 5.69 Å². The Morgan fingerprint density at radius 1 is 0.475 bits per heavy atom. The van der Waals surface area contributed by atoms with Gasteiger partial charge in [-0.05, 0) is 239 Å². The summed E-state index contributed by atoms with van der Waals surface area (Å²) in [6.45, 7) is 3.26. The van der Waals surface area contributed by atoms with Crippen molar-refractivity contribution in [2.24, 2.45) is 0 Å². The van der Waals surface area contributed by atoms with Crippen LogP contribution in [-0.2, 0) is 35.1 Å². The monoisotopic (exact) mass is 1660 g/mol. The van der Waals surface area contributed by atoms with Crippen LogP contribution in [-0.4, -0.2) is 93.0 Å². The highest BCUT2D eigenvalue weighted by atomic mass is 32.2. The van der Waals surface area contributed by atoms with E-state index in [1.165, 1.54) is 84.7 Å². The molecule has 4 N–H and O–H groups in total. The molecule has 4 heterocycles. The molecule has 628 valence electrons. The number of methoxy groups -OCH3 is 1. The molecule has 0 fully saturated rings. The number of ether oxygens (including phenoxy) is 5. The van der Waals surface area contributed by atoms with Gasteiger partial charge < -0.3 is 61.8 Å². The van der Waals surface area contributed by atoms with Crippen LogP contribution in [0.2, 0.25) is 0 Å². The normalized spacial score (nSPS) is 14.9. The first-order valence-electron chi connectivity index (χ1n) is 40.4. The molecule has 0 amide bonds. The van der Waals surface area contributed by atoms with Gasteiger partial charge in [0.05, 0.1) is 34.8 Å². The van der Waals surface area contributed by atoms with E-state index in [-0.39, 0.29) is 51.9 Å². The van der Waals surface area contributed by atoms with Crippen molar-refractivity contribution >= 4 is 91.2 Å². The second-order valence-corrected chi connectivity index (χ2v) is 30.6. The molecule has 4 aromatic heterocycles. The number of nitrogens with zero attached hydrogens (tertiary/aromatic N) is 1. The number of fused-ring (bicyclic) bond motifs is 4. The van der Waals surface area contributed by atoms with Gasteiger partial charge in [-0.25, -0.2) is 28.8 Å². The molecule has 4 unspecified atom stereocenters. The van der Waals surface area contributed by atoms with Crippen molar-refractivity contribution in [2.75, 3.05) is 13.4 Å². The van der Waals surface area contributed by atoms with Crippen molar-refractivity contribution < 1.29 is 90.7 Å². The molecule has 0 saturated heterocycles. The molecule has 0 aliphatic heterocycles. The molecule has 25 nitrogen and oxygen atoms in total. The van der Waals surface area contributed by atoms with Crippen molar-refractivity contribution in [3.63, 3.8) is 0 Å². The van der Waals surface area contributed by atoms with E-state index in [1.54, 1.807) is 68.4 Å². The van der Waals surface area contributed by atoms with Crippen LogP contribution in [0.15, 0.2) is 228 Å². The van der Waals surface area contributed by atoms with Crippen LogP contribution in [0.5, 0.6) is 23.0 Å². The third kappa shape index (κ3) is 23.7. The van der Waals surface area contributed by atoms with E-state index < -0.39 is 76.1 Å². The maximum Gasteiger partial charge on any atom is 0.353 e. The Balaban J connectivity index is 0.000000157. The van der Waals surface area contributed by atoms with Gasteiger partial charge in [-0.3, -0.25) is 24.5 Å². The molecule has 0 spiro atoms. The van der Waals surface area contributed by atoms with Crippen molar-refractivity contribution in [1.29, 1.82) is 0 Å². The number of hydrogen-bond acceptors (Lipinski definition) is 21. The summed E-state index contributed by atoms with van der Waals surface area (Å²) < 4.78 is 50.0. The minimum atomic E-state index is -1.24. The molecule has 26 heteroatoms. The standard InChI is InChI=1S/C26H26O5S.C25H24O5.C22H24O7.C21H23NO7/c1-32-26-23(18-10-6-3-7-11-18)24(27)20-14-13-19(16-22(20)31-26)30-21(25(28)29)15-12-17-8-4-2-5-9-17;26-20-16-23(18-10-5-2-6-11-18)30-24-19(20)12-7-13-21(24)29-22(25(27)28)15-14-17-8-3-1-4-9-17;1-27-20(23)11-15-12-21(24)29-19-13-16(8-9-17(15)19)28-18(22(25)26)10-7-14-5-3-2-4-6-14;1-12-13(2)21(25)29-19-15(12)9-11-16(18(19)22(26)27)28-17(20(23)24)10-8-14-6-4-3-5-7-14/h3,6-8,10-11,13-14,16,21H,2,4-5,9,12,15H2,1H3,(H,28,29);2,5-8,10-13,16,22H,1,3-4,9,14-15H2,(H,27,28);5,8-9,12-13,18H,2-4,6-7,10-11H2,1H3,(H,25,26);6,9,11,17H,3-5,7-8,10H2,1-2H3,(H,23,24). The van der Waals surface area contributed by atoms with Gasteiger partial charge >= 0.3 is 46.8 Å². The number of nitro groups is 1. The van der Waals surface area contributed by atoms with Crippen molar-refractivity contribution in [3.8, 4) is 45.4 Å². The number of carbonyl (C=O) groups is 5. The number of esters is 1. The lowest BCUT2D eigenvalue weighted by Crippen LogP contribution is -2.27. The van der Waals surface area contributed by atoms with E-state index in [2.05, 4.69) is 29.0 Å². The van der Waals surface area contributed by atoms with Gasteiger partial charge in [0, 0.05) is 46.2 Å². The predicted octanol–water partition coefficient (Wildman–Crippen LogP) is 19.9. The molecule has 0 radical (unpaired) electrons. The Morgan fingerprint density at radius 3 is 1.41 bits per heavy atom. The fourth-order valence-corrected chi connectivity index (χ4v) is 15.6. The number of allylic oxidation sites excluding steroid dienone is 8. The number of rotatable bonds is 30. The van der Waals surface area contributed by atoms with Crippen LogP contribution in [0, 0.1) is 24.0 Å². The Kier molecular flexibility index (Phi) is 31.4. The summed E-state index contributed by atoms with van der Waals surface area (Å²) >= 11 is 1.36. The number of carbonyl (C=O) groups excluding carboxylic acids is 1. The largest absolute Gasteiger partial charge is 0.479 e. The van der Waals surface area contributed by atoms with E-state index in [0.29, 0.717) is 110 Å².